The van der Waals surface area contributed by atoms with Crippen molar-refractivity contribution in [2.75, 3.05) is 11.6 Å². The molecule has 0 fully saturated rings. The molecular weight excluding hydrogens is 314 g/mol. The molecule has 0 radical (unpaired) electrons. The highest BCUT2D eigenvalue weighted by Crippen LogP contribution is 2.32. The van der Waals surface area contributed by atoms with Crippen LogP contribution in [0.2, 0.25) is 0 Å². The van der Waals surface area contributed by atoms with Gasteiger partial charge in [-0.3, -0.25) is 0 Å². The molecule has 0 saturated carbocycles. The van der Waals surface area contributed by atoms with Crippen LogP contribution >= 0.6 is 0 Å². The second-order valence-corrected chi connectivity index (χ2v) is 6.52. The molecule has 6 heteroatoms. The molecule has 0 atom stereocenters. The molecule has 0 aromatic heterocycles. The fourth-order valence-electron chi connectivity index (χ4n) is 2.37. The van der Waals surface area contributed by atoms with Gasteiger partial charge in [0.1, 0.15) is 11.6 Å². The number of nitrogens with zero attached hydrogens (tertiary/aromatic N) is 1. The van der Waals surface area contributed by atoms with E-state index in [-0.39, 0.29) is 12.3 Å². The van der Waals surface area contributed by atoms with Crippen molar-refractivity contribution in [3.63, 3.8) is 0 Å². The summed E-state index contributed by atoms with van der Waals surface area (Å²) in [5.74, 6) is 5.01. The van der Waals surface area contributed by atoms with Gasteiger partial charge in [-0.25, -0.2) is 14.6 Å². The first-order valence-electron chi connectivity index (χ1n) is 7.55. The summed E-state index contributed by atoms with van der Waals surface area (Å²) in [6, 6.07) is 6.70. The minimum Gasteiger partial charge on any atom is -0.454 e. The second kappa shape index (κ2) is 6.75. The van der Waals surface area contributed by atoms with Crippen LogP contribution in [-0.4, -0.2) is 17.3 Å². The normalized spacial score (nSPS) is 11.5. The van der Waals surface area contributed by atoms with E-state index in [1.165, 1.54) is 11.1 Å². The topological polar surface area (TPSA) is 58.7 Å². The molecule has 2 aromatic rings. The summed E-state index contributed by atoms with van der Waals surface area (Å²) in [4.78, 5) is 0. The van der Waals surface area contributed by atoms with Gasteiger partial charge in [-0.2, -0.15) is 0 Å². The quantitative estimate of drug-likeness (QED) is 0.644. The lowest BCUT2D eigenvalue weighted by Crippen LogP contribution is -2.43. The highest BCUT2D eigenvalue weighted by Gasteiger charge is 2.19. The van der Waals surface area contributed by atoms with Crippen LogP contribution in [0.4, 0.5) is 14.5 Å². The van der Waals surface area contributed by atoms with Gasteiger partial charge in [0.2, 0.25) is 0 Å². The fraction of sp³-hybridized carbons (Fsp3) is 0.333. The zero-order valence-corrected chi connectivity index (χ0v) is 14.2. The molecule has 0 aliphatic carbocycles. The summed E-state index contributed by atoms with van der Waals surface area (Å²) in [6.45, 7) is 7.23. The van der Waals surface area contributed by atoms with Gasteiger partial charge < -0.3 is 14.9 Å². The number of hydrazine groups is 1. The van der Waals surface area contributed by atoms with Crippen LogP contribution in [0.25, 0.3) is 0 Å². The largest absolute Gasteiger partial charge is 0.454 e. The number of nitrogens with two attached hydrogens (primary N) is 1. The third-order valence-electron chi connectivity index (χ3n) is 3.47. The molecule has 2 aromatic carbocycles. The molecule has 0 spiro atoms. The summed E-state index contributed by atoms with van der Waals surface area (Å²) in [5, 5.41) is 11.4. The van der Waals surface area contributed by atoms with Crippen LogP contribution in [-0.2, 0) is 0 Å². The third-order valence-corrected chi connectivity index (χ3v) is 3.47. The van der Waals surface area contributed by atoms with Crippen molar-refractivity contribution in [2.24, 2.45) is 5.84 Å². The summed E-state index contributed by atoms with van der Waals surface area (Å²) in [6.07, 6.45) is 0. The molecule has 0 heterocycles. The lowest BCUT2D eigenvalue weighted by molar-refractivity contribution is 0.0873. The monoisotopic (exact) mass is 336 g/mol. The number of aryl methyl sites for hydroxylation is 2. The van der Waals surface area contributed by atoms with Crippen molar-refractivity contribution < 1.29 is 18.6 Å². The van der Waals surface area contributed by atoms with E-state index in [1.54, 1.807) is 32.9 Å². The van der Waals surface area contributed by atoms with Gasteiger partial charge in [-0.15, -0.1) is 0 Å². The van der Waals surface area contributed by atoms with Gasteiger partial charge in [0.15, 0.2) is 11.6 Å². The molecule has 130 valence electrons. The lowest BCUT2D eigenvalue weighted by Gasteiger charge is -2.28. The van der Waals surface area contributed by atoms with E-state index in [4.69, 9.17) is 10.6 Å². The highest BCUT2D eigenvalue weighted by molar-refractivity contribution is 5.58. The van der Waals surface area contributed by atoms with E-state index in [0.717, 1.165) is 28.9 Å². The first kappa shape index (κ1) is 18.2. The molecule has 3 N–H and O–H groups in total. The Labute approximate surface area is 140 Å². The van der Waals surface area contributed by atoms with Crippen molar-refractivity contribution in [3.05, 3.63) is 53.1 Å². The highest BCUT2D eigenvalue weighted by atomic mass is 19.1. The van der Waals surface area contributed by atoms with Crippen molar-refractivity contribution in [1.82, 2.24) is 0 Å². The van der Waals surface area contributed by atoms with Crippen LogP contribution < -0.4 is 15.6 Å². The zero-order chi connectivity index (χ0) is 18.1. The Bertz CT molecular complexity index is 743. The number of aliphatic hydroxyl groups is 1. The van der Waals surface area contributed by atoms with E-state index in [0.29, 0.717) is 5.75 Å². The predicted molar refractivity (Wildman–Crippen MR) is 90.2 cm³/mol. The molecule has 4 nitrogen and oxygen atoms in total. The predicted octanol–water partition coefficient (Wildman–Crippen LogP) is 3.82. The SMILES string of the molecule is Cc1cc(N(N)CC(C)(C)O)c(C)cc1Oc1ccc(F)cc1F. The van der Waals surface area contributed by atoms with Gasteiger partial charge in [-0.1, -0.05) is 0 Å². The number of ether oxygens (including phenoxy) is 1. The average Bonchev–Trinajstić information content (AvgIpc) is 2.43. The molecule has 0 unspecified atom stereocenters. The summed E-state index contributed by atoms with van der Waals surface area (Å²) in [7, 11) is 0. The summed E-state index contributed by atoms with van der Waals surface area (Å²) < 4.78 is 32.3. The van der Waals surface area contributed by atoms with Crippen LogP contribution in [0.5, 0.6) is 11.5 Å². The molecule has 0 saturated heterocycles. The molecule has 0 aliphatic rings. The lowest BCUT2D eigenvalue weighted by atomic mass is 10.1. The second-order valence-electron chi connectivity index (χ2n) is 6.52. The minimum atomic E-state index is -0.943. The molecule has 2 rings (SSSR count). The number of anilines is 1. The van der Waals surface area contributed by atoms with E-state index >= 15 is 0 Å². The molecule has 0 amide bonds. The van der Waals surface area contributed by atoms with Gasteiger partial charge >= 0.3 is 0 Å². The first-order chi connectivity index (χ1) is 11.1. The first-order valence-corrected chi connectivity index (χ1v) is 7.55. The Morgan fingerprint density at radius 2 is 1.75 bits per heavy atom. The Balaban J connectivity index is 2.29. The van der Waals surface area contributed by atoms with E-state index in [2.05, 4.69) is 0 Å². The number of hydrogen-bond acceptors (Lipinski definition) is 4. The Morgan fingerprint density at radius 3 is 2.33 bits per heavy atom. The minimum absolute atomic E-state index is 0.0484. The van der Waals surface area contributed by atoms with Crippen molar-refractivity contribution in [1.29, 1.82) is 0 Å². The molecule has 0 aliphatic heterocycles. The number of benzene rings is 2. The van der Waals surface area contributed by atoms with Crippen LogP contribution in [0.15, 0.2) is 30.3 Å². The zero-order valence-electron chi connectivity index (χ0n) is 14.2. The van der Waals surface area contributed by atoms with Crippen LogP contribution in [0.3, 0.4) is 0 Å². The Kier molecular flexibility index (Phi) is 5.11. The van der Waals surface area contributed by atoms with E-state index in [1.807, 2.05) is 6.92 Å². The van der Waals surface area contributed by atoms with Gasteiger partial charge in [0, 0.05) is 6.07 Å². The molecule has 24 heavy (non-hydrogen) atoms. The van der Waals surface area contributed by atoms with Gasteiger partial charge in [0.05, 0.1) is 17.8 Å². The van der Waals surface area contributed by atoms with Gasteiger partial charge in [0.25, 0.3) is 0 Å². The van der Waals surface area contributed by atoms with Crippen LogP contribution in [0, 0.1) is 25.5 Å². The molecular formula is C18H22F2N2O2. The van der Waals surface area contributed by atoms with E-state index < -0.39 is 17.2 Å². The Hall–Kier alpha value is -2.18. The maximum Gasteiger partial charge on any atom is 0.168 e. The standard InChI is InChI=1S/C18H22F2N2O2/c1-11-8-17(24-16-6-5-13(19)9-14(16)20)12(2)7-15(11)22(21)10-18(3,4)23/h5-9,23H,10,21H2,1-4H3. The van der Waals surface area contributed by atoms with Crippen LogP contribution in [0.1, 0.15) is 25.0 Å². The number of halogens is 2. The fourth-order valence-corrected chi connectivity index (χ4v) is 2.37. The third kappa shape index (κ3) is 4.43. The smallest absolute Gasteiger partial charge is 0.168 e. The number of hydrogen-bond donors (Lipinski definition) is 2. The maximum atomic E-state index is 13.7. The molecule has 0 bridgehead atoms. The van der Waals surface area contributed by atoms with Crippen molar-refractivity contribution in [3.8, 4) is 11.5 Å². The average molecular weight is 336 g/mol. The Morgan fingerprint density at radius 1 is 1.08 bits per heavy atom. The van der Waals surface area contributed by atoms with Crippen molar-refractivity contribution >= 4 is 5.69 Å². The summed E-state index contributed by atoms with van der Waals surface area (Å²) >= 11 is 0. The summed E-state index contributed by atoms with van der Waals surface area (Å²) in [5.41, 5.74) is 1.35. The van der Waals surface area contributed by atoms with Gasteiger partial charge in [-0.05, 0) is 63.1 Å². The van der Waals surface area contributed by atoms with E-state index in [9.17, 15) is 13.9 Å². The van der Waals surface area contributed by atoms with Crippen molar-refractivity contribution in [2.45, 2.75) is 33.3 Å². The maximum absolute atomic E-state index is 13.7. The number of rotatable bonds is 5.